The van der Waals surface area contributed by atoms with Gasteiger partial charge >= 0.3 is 12.1 Å². The molecule has 0 radical (unpaired) electrons. The van der Waals surface area contributed by atoms with Crippen LogP contribution in [0.15, 0.2) is 76.6 Å². The van der Waals surface area contributed by atoms with Crippen LogP contribution in [0.1, 0.15) is 5.69 Å². The zero-order valence-electron chi connectivity index (χ0n) is 16.3. The Bertz CT molecular complexity index is 1150. The molecule has 0 saturated heterocycles. The molecule has 10 heteroatoms. The summed E-state index contributed by atoms with van der Waals surface area (Å²) in [5.74, 6) is -0.315. The number of carbonyl (C=O) groups is 2. The van der Waals surface area contributed by atoms with Gasteiger partial charge in [0.2, 0.25) is 5.76 Å². The van der Waals surface area contributed by atoms with Crippen LogP contribution in [0.3, 0.4) is 0 Å². The lowest BCUT2D eigenvalue weighted by Crippen LogP contribution is -2.32. The highest BCUT2D eigenvalue weighted by Gasteiger charge is 2.31. The van der Waals surface area contributed by atoms with E-state index in [-0.39, 0.29) is 11.8 Å². The Hall–Kier alpha value is -3.92. The Kier molecular flexibility index (Phi) is 4.97. The van der Waals surface area contributed by atoms with Crippen LogP contribution in [-0.4, -0.2) is 50.4 Å². The number of amidine groups is 1. The highest BCUT2D eigenvalue weighted by molar-refractivity contribution is 7.07. The Labute approximate surface area is 181 Å². The van der Waals surface area contributed by atoms with Gasteiger partial charge in [-0.3, -0.25) is 9.69 Å². The van der Waals surface area contributed by atoms with Gasteiger partial charge in [-0.15, -0.1) is 16.3 Å². The van der Waals surface area contributed by atoms with Crippen molar-refractivity contribution in [3.63, 3.8) is 0 Å². The summed E-state index contributed by atoms with van der Waals surface area (Å²) in [6.07, 6.45) is 5.47. The fourth-order valence-corrected chi connectivity index (χ4v) is 3.83. The number of hydrogen-bond donors (Lipinski definition) is 1. The number of fused-ring (bicyclic) bond motifs is 1. The lowest BCUT2D eigenvalue weighted by atomic mass is 10.2. The fraction of sp³-hybridized carbons (Fsp3) is 0.143. The summed E-state index contributed by atoms with van der Waals surface area (Å²) in [5.41, 5.74) is 4.18. The van der Waals surface area contributed by atoms with Crippen molar-refractivity contribution >= 4 is 35.0 Å². The van der Waals surface area contributed by atoms with E-state index in [1.54, 1.807) is 21.5 Å². The topological polar surface area (TPSA) is 92.1 Å². The van der Waals surface area contributed by atoms with Crippen molar-refractivity contribution in [1.82, 2.24) is 19.4 Å². The van der Waals surface area contributed by atoms with Crippen molar-refractivity contribution in [2.75, 3.05) is 18.4 Å². The van der Waals surface area contributed by atoms with Gasteiger partial charge in [-0.1, -0.05) is 0 Å². The summed E-state index contributed by atoms with van der Waals surface area (Å²) in [5, 5.41) is 4.70. The Morgan fingerprint density at radius 2 is 1.97 bits per heavy atom. The number of nitrogens with one attached hydrogen (secondary N) is 1. The van der Waals surface area contributed by atoms with Gasteiger partial charge in [0, 0.05) is 42.2 Å². The third-order valence-corrected chi connectivity index (χ3v) is 5.52. The lowest BCUT2D eigenvalue weighted by Gasteiger charge is -2.18. The number of nitrogens with zero attached hydrogens (tertiary/aromatic N) is 5. The number of anilines is 1. The quantitative estimate of drug-likeness (QED) is 0.666. The van der Waals surface area contributed by atoms with Crippen molar-refractivity contribution < 1.29 is 14.3 Å². The van der Waals surface area contributed by atoms with Gasteiger partial charge in [0.1, 0.15) is 0 Å². The molecule has 4 heterocycles. The van der Waals surface area contributed by atoms with Crippen LogP contribution in [0.5, 0.6) is 0 Å². The first-order chi connectivity index (χ1) is 15.2. The second-order valence-corrected chi connectivity index (χ2v) is 7.68. The van der Waals surface area contributed by atoms with Crippen molar-refractivity contribution in [1.29, 1.82) is 0 Å². The number of urea groups is 1. The molecule has 156 valence electrons. The average molecular weight is 434 g/mol. The van der Waals surface area contributed by atoms with E-state index in [9.17, 15) is 9.59 Å². The molecule has 0 spiro atoms. The van der Waals surface area contributed by atoms with Gasteiger partial charge in [0.15, 0.2) is 0 Å². The number of aliphatic imine (C=N–C) groups is 1. The molecule has 0 bridgehead atoms. The van der Waals surface area contributed by atoms with Gasteiger partial charge in [0.05, 0.1) is 23.9 Å². The second kappa shape index (κ2) is 8.07. The Morgan fingerprint density at radius 1 is 1.16 bits per heavy atom. The highest BCUT2D eigenvalue weighted by atomic mass is 32.1. The summed E-state index contributed by atoms with van der Waals surface area (Å²) in [6, 6.07) is 11.0. The van der Waals surface area contributed by atoms with Crippen molar-refractivity contribution in [3.8, 4) is 5.69 Å². The monoisotopic (exact) mass is 434 g/mol. The van der Waals surface area contributed by atoms with Gasteiger partial charge in [-0.25, -0.2) is 9.78 Å². The number of ether oxygens (including phenoxy) is 1. The van der Waals surface area contributed by atoms with Crippen molar-refractivity contribution in [2.45, 2.75) is 6.54 Å². The normalized spacial score (nSPS) is 15.7. The van der Waals surface area contributed by atoms with E-state index in [2.05, 4.69) is 15.3 Å². The van der Waals surface area contributed by atoms with E-state index in [1.807, 2.05) is 58.7 Å². The van der Waals surface area contributed by atoms with Gasteiger partial charge in [-0.05, 0) is 36.4 Å². The maximum Gasteiger partial charge on any atom is 0.348 e. The molecule has 0 aliphatic carbocycles. The van der Waals surface area contributed by atoms with E-state index in [1.165, 1.54) is 11.3 Å². The molecule has 1 N–H and O–H groups in total. The fourth-order valence-electron chi connectivity index (χ4n) is 3.28. The molecule has 2 aliphatic heterocycles. The van der Waals surface area contributed by atoms with Crippen LogP contribution in [0.4, 0.5) is 10.5 Å². The molecule has 9 nitrogen and oxygen atoms in total. The first-order valence-corrected chi connectivity index (χ1v) is 10.6. The first kappa shape index (κ1) is 19.1. The van der Waals surface area contributed by atoms with Crippen LogP contribution in [0.2, 0.25) is 0 Å². The van der Waals surface area contributed by atoms with E-state index in [4.69, 9.17) is 4.74 Å². The molecule has 2 aliphatic rings. The number of hydrogen-bond acceptors (Lipinski definition) is 6. The van der Waals surface area contributed by atoms with Crippen LogP contribution in [-0.2, 0) is 16.1 Å². The molecule has 31 heavy (non-hydrogen) atoms. The predicted molar refractivity (Wildman–Crippen MR) is 116 cm³/mol. The molecule has 5 rings (SSSR count). The van der Waals surface area contributed by atoms with Crippen LogP contribution >= 0.6 is 11.3 Å². The number of benzene rings is 1. The van der Waals surface area contributed by atoms with Crippen LogP contribution in [0.25, 0.3) is 5.69 Å². The SMILES string of the molecule is O=C(Nc1ccc(-n2cccc2)cc1)C1=CN2CCN(Cc3cscn3)C(=O)N=C2O1. The molecular formula is C21H18N6O3S. The van der Waals surface area contributed by atoms with E-state index in [0.717, 1.165) is 11.4 Å². The number of thiazole rings is 1. The molecule has 0 unspecified atom stereocenters. The van der Waals surface area contributed by atoms with Crippen LogP contribution in [0, 0.1) is 0 Å². The summed E-state index contributed by atoms with van der Waals surface area (Å²) in [6.45, 7) is 1.30. The summed E-state index contributed by atoms with van der Waals surface area (Å²) >= 11 is 1.48. The summed E-state index contributed by atoms with van der Waals surface area (Å²) < 4.78 is 7.55. The van der Waals surface area contributed by atoms with Crippen molar-refractivity contribution in [3.05, 3.63) is 77.3 Å². The number of carbonyl (C=O) groups excluding carboxylic acids is 2. The van der Waals surface area contributed by atoms with Gasteiger partial charge in [0.25, 0.3) is 5.91 Å². The lowest BCUT2D eigenvalue weighted by molar-refractivity contribution is -0.114. The van der Waals surface area contributed by atoms with Gasteiger partial charge in [-0.2, -0.15) is 0 Å². The molecular weight excluding hydrogens is 416 g/mol. The third-order valence-electron chi connectivity index (χ3n) is 4.88. The zero-order valence-corrected chi connectivity index (χ0v) is 17.2. The van der Waals surface area contributed by atoms with E-state index >= 15 is 0 Å². The summed E-state index contributed by atoms with van der Waals surface area (Å²) in [7, 11) is 0. The summed E-state index contributed by atoms with van der Waals surface area (Å²) in [4.78, 5) is 36.6. The van der Waals surface area contributed by atoms with Crippen molar-refractivity contribution in [2.24, 2.45) is 4.99 Å². The van der Waals surface area contributed by atoms with Gasteiger partial charge < -0.3 is 19.5 Å². The first-order valence-electron chi connectivity index (χ1n) is 9.61. The minimum Gasteiger partial charge on any atom is -0.418 e. The molecule has 0 atom stereocenters. The number of amides is 3. The van der Waals surface area contributed by atoms with E-state index < -0.39 is 11.9 Å². The van der Waals surface area contributed by atoms with E-state index in [0.29, 0.717) is 25.3 Å². The molecule has 2 aromatic heterocycles. The minimum absolute atomic E-state index is 0.0917. The largest absolute Gasteiger partial charge is 0.418 e. The molecule has 0 saturated carbocycles. The Balaban J connectivity index is 1.23. The smallest absolute Gasteiger partial charge is 0.348 e. The second-order valence-electron chi connectivity index (χ2n) is 6.96. The number of aromatic nitrogens is 2. The maximum atomic E-state index is 12.6. The third kappa shape index (κ3) is 4.05. The number of rotatable bonds is 5. The maximum absolute atomic E-state index is 12.6. The molecule has 0 fully saturated rings. The Morgan fingerprint density at radius 3 is 2.71 bits per heavy atom. The van der Waals surface area contributed by atoms with Crippen LogP contribution < -0.4 is 5.32 Å². The molecule has 1 aromatic carbocycles. The highest BCUT2D eigenvalue weighted by Crippen LogP contribution is 2.20. The predicted octanol–water partition coefficient (Wildman–Crippen LogP) is 3.04. The molecule has 3 aromatic rings. The standard InChI is InChI=1S/C21H18N6O3S/c28-19(23-15-3-5-17(6-4-15)25-7-1-2-8-25)18-12-27-10-9-26(11-16-13-31-14-22-16)20(29)24-21(27)30-18/h1-8,12-14H,9-11H2,(H,23,28). The molecule has 3 amide bonds. The zero-order chi connectivity index (χ0) is 21.2. The average Bonchev–Trinajstić information content (AvgIpc) is 3.53. The minimum atomic E-state index is -0.416.